The number of hydrogen-bond donors (Lipinski definition) is 1. The molecule has 0 amide bonds. The molecular weight excluding hydrogens is 261 g/mol. The molecule has 8 heteroatoms. The molecule has 0 atom stereocenters. The van der Waals surface area contributed by atoms with Gasteiger partial charge in [0, 0.05) is 6.07 Å². The molecule has 0 radical (unpaired) electrons. The molecule has 1 aromatic carbocycles. The Bertz CT molecular complexity index is 394. The van der Waals surface area contributed by atoms with E-state index in [0.717, 1.165) is 6.07 Å². The number of anilines is 1. The average molecular weight is 271 g/mol. The van der Waals surface area contributed by atoms with E-state index in [0.29, 0.717) is 0 Å². The van der Waals surface area contributed by atoms with Gasteiger partial charge in [-0.25, -0.2) is 8.78 Å². The number of ether oxygens (including phenoxy) is 2. The zero-order valence-corrected chi connectivity index (χ0v) is 9.01. The van der Waals surface area contributed by atoms with Crippen LogP contribution in [0.4, 0.5) is 27.6 Å². The van der Waals surface area contributed by atoms with Gasteiger partial charge in [0.25, 0.3) is 6.43 Å². The molecule has 0 aromatic heterocycles. The van der Waals surface area contributed by atoms with Crippen LogP contribution in [0.3, 0.4) is 0 Å². The first kappa shape index (κ1) is 14.3. The SMILES string of the molecule is Nc1ccc(OCC(F)(F)F)cc1OCC(F)F. The van der Waals surface area contributed by atoms with Crippen LogP contribution in [-0.2, 0) is 0 Å². The predicted octanol–water partition coefficient (Wildman–Crippen LogP) is 2.85. The van der Waals surface area contributed by atoms with Crippen molar-refractivity contribution < 1.29 is 31.4 Å². The summed E-state index contributed by atoms with van der Waals surface area (Å²) in [7, 11) is 0. The number of halogens is 5. The molecule has 0 heterocycles. The minimum absolute atomic E-state index is 0.0370. The van der Waals surface area contributed by atoms with Crippen LogP contribution < -0.4 is 15.2 Å². The molecule has 1 aromatic rings. The number of rotatable bonds is 5. The molecule has 102 valence electrons. The summed E-state index contributed by atoms with van der Waals surface area (Å²) in [4.78, 5) is 0. The van der Waals surface area contributed by atoms with Crippen molar-refractivity contribution >= 4 is 5.69 Å². The van der Waals surface area contributed by atoms with Gasteiger partial charge in [0.1, 0.15) is 18.1 Å². The van der Waals surface area contributed by atoms with Gasteiger partial charge in [-0.3, -0.25) is 0 Å². The summed E-state index contributed by atoms with van der Waals surface area (Å²) in [5, 5.41) is 0. The lowest BCUT2D eigenvalue weighted by Gasteiger charge is -2.12. The first-order valence-electron chi connectivity index (χ1n) is 4.78. The zero-order valence-electron chi connectivity index (χ0n) is 9.01. The molecule has 2 N–H and O–H groups in total. The highest BCUT2D eigenvalue weighted by molar-refractivity contribution is 5.55. The second-order valence-corrected chi connectivity index (χ2v) is 3.31. The molecule has 0 unspecified atom stereocenters. The Morgan fingerprint density at radius 2 is 1.83 bits per heavy atom. The smallest absolute Gasteiger partial charge is 0.422 e. The summed E-state index contributed by atoms with van der Waals surface area (Å²) >= 11 is 0. The van der Waals surface area contributed by atoms with Crippen LogP contribution in [0.15, 0.2) is 18.2 Å². The molecule has 1 rings (SSSR count). The Labute approximate surface area is 99.3 Å². The predicted molar refractivity (Wildman–Crippen MR) is 53.9 cm³/mol. The highest BCUT2D eigenvalue weighted by Gasteiger charge is 2.28. The number of benzene rings is 1. The fourth-order valence-corrected chi connectivity index (χ4v) is 1.05. The van der Waals surface area contributed by atoms with Crippen LogP contribution in [-0.4, -0.2) is 25.8 Å². The third-order valence-corrected chi connectivity index (χ3v) is 1.75. The van der Waals surface area contributed by atoms with E-state index in [4.69, 9.17) is 5.73 Å². The summed E-state index contributed by atoms with van der Waals surface area (Å²) < 4.78 is 68.6. The maximum absolute atomic E-state index is 11.9. The summed E-state index contributed by atoms with van der Waals surface area (Å²) in [6.45, 7) is -2.38. The van der Waals surface area contributed by atoms with Gasteiger partial charge in [-0.2, -0.15) is 13.2 Å². The van der Waals surface area contributed by atoms with Crippen molar-refractivity contribution in [2.75, 3.05) is 18.9 Å². The van der Waals surface area contributed by atoms with Crippen molar-refractivity contribution in [2.45, 2.75) is 12.6 Å². The maximum Gasteiger partial charge on any atom is 0.422 e. The first-order chi connectivity index (χ1) is 8.28. The van der Waals surface area contributed by atoms with Crippen molar-refractivity contribution in [3.8, 4) is 11.5 Å². The molecule has 18 heavy (non-hydrogen) atoms. The molecule has 0 aliphatic rings. The van der Waals surface area contributed by atoms with E-state index in [1.54, 1.807) is 0 Å². The highest BCUT2D eigenvalue weighted by atomic mass is 19.4. The molecule has 0 aliphatic heterocycles. The normalized spacial score (nSPS) is 11.7. The van der Waals surface area contributed by atoms with Crippen LogP contribution in [0, 0.1) is 0 Å². The first-order valence-corrected chi connectivity index (χ1v) is 4.78. The van der Waals surface area contributed by atoms with Gasteiger partial charge in [-0.15, -0.1) is 0 Å². The number of alkyl halides is 5. The summed E-state index contributed by atoms with van der Waals surface area (Å²) in [5.74, 6) is -0.305. The van der Waals surface area contributed by atoms with E-state index in [-0.39, 0.29) is 17.2 Å². The molecule has 0 saturated heterocycles. The molecule has 0 aliphatic carbocycles. The third kappa shape index (κ3) is 5.07. The zero-order chi connectivity index (χ0) is 13.8. The fraction of sp³-hybridized carbons (Fsp3) is 0.400. The van der Waals surface area contributed by atoms with E-state index >= 15 is 0 Å². The average Bonchev–Trinajstić information content (AvgIpc) is 2.25. The van der Waals surface area contributed by atoms with E-state index < -0.39 is 25.8 Å². The van der Waals surface area contributed by atoms with Gasteiger partial charge in [0.05, 0.1) is 5.69 Å². The van der Waals surface area contributed by atoms with E-state index in [1.807, 2.05) is 0 Å². The van der Waals surface area contributed by atoms with Crippen molar-refractivity contribution in [3.05, 3.63) is 18.2 Å². The largest absolute Gasteiger partial charge is 0.485 e. The number of nitrogens with two attached hydrogens (primary N) is 1. The lowest BCUT2D eigenvalue weighted by Crippen LogP contribution is -2.19. The van der Waals surface area contributed by atoms with Crippen molar-refractivity contribution in [3.63, 3.8) is 0 Å². The Morgan fingerprint density at radius 1 is 1.17 bits per heavy atom. The molecular formula is C10H10F5NO2. The second-order valence-electron chi connectivity index (χ2n) is 3.31. The minimum atomic E-state index is -4.48. The highest BCUT2D eigenvalue weighted by Crippen LogP contribution is 2.28. The minimum Gasteiger partial charge on any atom is -0.485 e. The van der Waals surface area contributed by atoms with Crippen LogP contribution in [0.1, 0.15) is 0 Å². The van der Waals surface area contributed by atoms with Gasteiger partial charge in [-0.05, 0) is 12.1 Å². The van der Waals surface area contributed by atoms with Crippen molar-refractivity contribution in [1.29, 1.82) is 0 Å². The summed E-state index contributed by atoms with van der Waals surface area (Å²) in [6.07, 6.45) is -7.19. The molecule has 3 nitrogen and oxygen atoms in total. The molecule has 0 bridgehead atoms. The molecule has 0 spiro atoms. The standard InChI is InChI=1S/C10H10F5NO2/c11-9(12)4-17-8-3-6(1-2-7(8)16)18-5-10(13,14)15/h1-3,9H,4-5,16H2. The number of hydrogen-bond acceptors (Lipinski definition) is 3. The van der Waals surface area contributed by atoms with Gasteiger partial charge in [0.15, 0.2) is 6.61 Å². The van der Waals surface area contributed by atoms with E-state index in [9.17, 15) is 22.0 Å². The monoisotopic (exact) mass is 271 g/mol. The van der Waals surface area contributed by atoms with Gasteiger partial charge in [-0.1, -0.05) is 0 Å². The molecule has 0 saturated carbocycles. The summed E-state index contributed by atoms with van der Waals surface area (Å²) in [5.41, 5.74) is 5.45. The lowest BCUT2D eigenvalue weighted by molar-refractivity contribution is -0.153. The van der Waals surface area contributed by atoms with Crippen LogP contribution in [0.2, 0.25) is 0 Å². The van der Waals surface area contributed by atoms with Crippen molar-refractivity contribution in [2.24, 2.45) is 0 Å². The second kappa shape index (κ2) is 5.74. The van der Waals surface area contributed by atoms with Crippen LogP contribution >= 0.6 is 0 Å². The van der Waals surface area contributed by atoms with Crippen LogP contribution in [0.25, 0.3) is 0 Å². The van der Waals surface area contributed by atoms with Crippen LogP contribution in [0.5, 0.6) is 11.5 Å². The number of nitrogen functional groups attached to an aromatic ring is 1. The fourth-order valence-electron chi connectivity index (χ4n) is 1.05. The third-order valence-electron chi connectivity index (χ3n) is 1.75. The van der Waals surface area contributed by atoms with E-state index in [1.165, 1.54) is 12.1 Å². The lowest BCUT2D eigenvalue weighted by atomic mass is 10.3. The Kier molecular flexibility index (Phi) is 4.57. The van der Waals surface area contributed by atoms with Gasteiger partial charge < -0.3 is 15.2 Å². The van der Waals surface area contributed by atoms with Crippen molar-refractivity contribution in [1.82, 2.24) is 0 Å². The summed E-state index contributed by atoms with van der Waals surface area (Å²) in [6, 6.07) is 3.44. The Hall–Kier alpha value is -1.73. The topological polar surface area (TPSA) is 44.5 Å². The van der Waals surface area contributed by atoms with Gasteiger partial charge >= 0.3 is 6.18 Å². The Balaban J connectivity index is 2.68. The van der Waals surface area contributed by atoms with E-state index in [2.05, 4.69) is 9.47 Å². The quantitative estimate of drug-likeness (QED) is 0.661. The van der Waals surface area contributed by atoms with Gasteiger partial charge in [0.2, 0.25) is 0 Å². The molecule has 0 fully saturated rings. The maximum atomic E-state index is 11.9. The Morgan fingerprint density at radius 3 is 2.39 bits per heavy atom.